The first-order valence-electron chi connectivity index (χ1n) is 8.02. The summed E-state index contributed by atoms with van der Waals surface area (Å²) in [4.78, 5) is 26.4. The third-order valence-corrected chi connectivity index (χ3v) is 4.74. The highest BCUT2D eigenvalue weighted by molar-refractivity contribution is 9.10. The molecule has 4 nitrogen and oxygen atoms in total. The first-order chi connectivity index (χ1) is 11.6. The predicted molar refractivity (Wildman–Crippen MR) is 99.1 cm³/mol. The molecule has 0 radical (unpaired) electrons. The fourth-order valence-corrected chi connectivity index (χ4v) is 3.25. The van der Waals surface area contributed by atoms with Crippen LogP contribution in [0.5, 0.6) is 0 Å². The van der Waals surface area contributed by atoms with Gasteiger partial charge in [0, 0.05) is 28.8 Å². The van der Waals surface area contributed by atoms with Crippen LogP contribution in [-0.4, -0.2) is 18.4 Å². The fourth-order valence-electron chi connectivity index (χ4n) is 2.85. The van der Waals surface area contributed by atoms with Crippen molar-refractivity contribution >= 4 is 39.1 Å². The number of aryl methyl sites for hydroxylation is 1. The third-order valence-electron chi connectivity index (χ3n) is 4.24. The van der Waals surface area contributed by atoms with Crippen molar-refractivity contribution < 1.29 is 9.59 Å². The second-order valence-corrected chi connectivity index (χ2v) is 6.84. The Morgan fingerprint density at radius 3 is 2.67 bits per heavy atom. The monoisotopic (exact) mass is 386 g/mol. The van der Waals surface area contributed by atoms with Crippen LogP contribution >= 0.6 is 15.9 Å². The minimum absolute atomic E-state index is 0.00589. The lowest BCUT2D eigenvalue weighted by atomic mass is 10.1. The van der Waals surface area contributed by atoms with E-state index in [1.807, 2.05) is 48.5 Å². The summed E-state index contributed by atoms with van der Waals surface area (Å²) in [5.74, 6) is -0.454. The average molecular weight is 387 g/mol. The Bertz CT molecular complexity index is 758. The van der Waals surface area contributed by atoms with Crippen molar-refractivity contribution in [3.8, 4) is 0 Å². The van der Waals surface area contributed by atoms with Gasteiger partial charge in [-0.2, -0.15) is 0 Å². The highest BCUT2D eigenvalue weighted by Crippen LogP contribution is 2.26. The van der Waals surface area contributed by atoms with Crippen LogP contribution in [-0.2, 0) is 16.0 Å². The molecule has 1 saturated heterocycles. The molecule has 124 valence electrons. The van der Waals surface area contributed by atoms with Crippen molar-refractivity contribution in [1.82, 2.24) is 0 Å². The molecule has 1 heterocycles. The van der Waals surface area contributed by atoms with Crippen LogP contribution in [0.3, 0.4) is 0 Å². The number of anilines is 2. The van der Waals surface area contributed by atoms with Crippen LogP contribution in [0.15, 0.2) is 53.0 Å². The topological polar surface area (TPSA) is 49.4 Å². The summed E-state index contributed by atoms with van der Waals surface area (Å²) in [5.41, 5.74) is 2.82. The van der Waals surface area contributed by atoms with Crippen molar-refractivity contribution in [3.63, 3.8) is 0 Å². The zero-order valence-electron chi connectivity index (χ0n) is 13.5. The zero-order valence-corrected chi connectivity index (χ0v) is 15.0. The van der Waals surface area contributed by atoms with Crippen LogP contribution in [0, 0.1) is 5.92 Å². The number of rotatable bonds is 4. The molecule has 0 aromatic heterocycles. The molecule has 5 heteroatoms. The molecule has 2 aromatic rings. The first-order valence-corrected chi connectivity index (χ1v) is 8.82. The Morgan fingerprint density at radius 2 is 2.00 bits per heavy atom. The van der Waals surface area contributed by atoms with Crippen molar-refractivity contribution in [2.24, 2.45) is 5.92 Å². The van der Waals surface area contributed by atoms with Crippen molar-refractivity contribution in [2.45, 2.75) is 19.8 Å². The summed E-state index contributed by atoms with van der Waals surface area (Å²) in [6, 6.07) is 15.4. The number of nitrogens with one attached hydrogen (secondary N) is 1. The van der Waals surface area contributed by atoms with Crippen LogP contribution in [0.2, 0.25) is 0 Å². The number of benzene rings is 2. The summed E-state index contributed by atoms with van der Waals surface area (Å²) in [7, 11) is 0. The molecule has 0 aliphatic carbocycles. The van der Waals surface area contributed by atoms with Crippen molar-refractivity contribution in [1.29, 1.82) is 0 Å². The summed E-state index contributed by atoms with van der Waals surface area (Å²) in [5, 5.41) is 2.89. The maximum atomic E-state index is 12.4. The van der Waals surface area contributed by atoms with Crippen LogP contribution in [0.4, 0.5) is 11.4 Å². The number of hydrogen-bond donors (Lipinski definition) is 1. The molecular formula is C19H19BrN2O2. The van der Waals surface area contributed by atoms with Gasteiger partial charge in [0.2, 0.25) is 11.8 Å². The van der Waals surface area contributed by atoms with Gasteiger partial charge in [0.15, 0.2) is 0 Å². The number of amides is 2. The molecule has 0 unspecified atom stereocenters. The maximum absolute atomic E-state index is 12.4. The van der Waals surface area contributed by atoms with E-state index in [2.05, 4.69) is 28.2 Å². The Hall–Kier alpha value is -2.14. The van der Waals surface area contributed by atoms with Crippen LogP contribution in [0.1, 0.15) is 18.9 Å². The molecule has 1 fully saturated rings. The standard InChI is InChI=1S/C19H19BrN2O2/c1-2-13-6-8-17(9-7-13)22-12-14(10-18(22)23)19(24)21-16-5-3-4-15(20)11-16/h3-9,11,14H,2,10,12H2,1H3,(H,21,24)/t14-/m1/s1. The number of carbonyl (C=O) groups excluding carboxylic acids is 2. The lowest BCUT2D eigenvalue weighted by Gasteiger charge is -2.17. The summed E-state index contributed by atoms with van der Waals surface area (Å²) in [6.07, 6.45) is 1.21. The highest BCUT2D eigenvalue weighted by Gasteiger charge is 2.35. The number of nitrogens with zero attached hydrogens (tertiary/aromatic N) is 1. The lowest BCUT2D eigenvalue weighted by Crippen LogP contribution is -2.28. The third kappa shape index (κ3) is 3.67. The molecule has 1 N–H and O–H groups in total. The molecule has 0 spiro atoms. The second-order valence-electron chi connectivity index (χ2n) is 5.92. The molecule has 1 aliphatic heterocycles. The van der Waals surface area contributed by atoms with E-state index in [-0.39, 0.29) is 24.2 Å². The predicted octanol–water partition coefficient (Wildman–Crippen LogP) is 4.00. The van der Waals surface area contributed by atoms with Crippen LogP contribution in [0.25, 0.3) is 0 Å². The van der Waals surface area contributed by atoms with Crippen molar-refractivity contribution in [2.75, 3.05) is 16.8 Å². The zero-order chi connectivity index (χ0) is 17.1. The average Bonchev–Trinajstić information content (AvgIpc) is 2.97. The highest BCUT2D eigenvalue weighted by atomic mass is 79.9. The molecule has 3 rings (SSSR count). The van der Waals surface area contributed by atoms with E-state index >= 15 is 0 Å². The molecular weight excluding hydrogens is 368 g/mol. The van der Waals surface area contributed by atoms with Crippen LogP contribution < -0.4 is 10.2 Å². The summed E-state index contributed by atoms with van der Waals surface area (Å²) >= 11 is 3.38. The Labute approximate surface area is 150 Å². The normalized spacial score (nSPS) is 17.2. The fraction of sp³-hybridized carbons (Fsp3) is 0.263. The Balaban J connectivity index is 1.68. The van der Waals surface area contributed by atoms with Gasteiger partial charge in [-0.3, -0.25) is 9.59 Å². The molecule has 2 amide bonds. The Morgan fingerprint density at radius 1 is 1.25 bits per heavy atom. The van der Waals surface area contributed by atoms with E-state index in [0.29, 0.717) is 6.54 Å². The summed E-state index contributed by atoms with van der Waals surface area (Å²) < 4.78 is 0.903. The smallest absolute Gasteiger partial charge is 0.229 e. The van der Waals surface area contributed by atoms with E-state index in [1.54, 1.807) is 4.90 Å². The molecule has 2 aromatic carbocycles. The van der Waals surface area contributed by atoms with Gasteiger partial charge in [-0.25, -0.2) is 0 Å². The summed E-state index contributed by atoms with van der Waals surface area (Å²) in [6.45, 7) is 2.52. The molecule has 1 aliphatic rings. The number of hydrogen-bond acceptors (Lipinski definition) is 2. The molecule has 0 bridgehead atoms. The van der Waals surface area contributed by atoms with E-state index in [4.69, 9.17) is 0 Å². The number of halogens is 1. The van der Waals surface area contributed by atoms with E-state index < -0.39 is 0 Å². The SMILES string of the molecule is CCc1ccc(N2C[C@H](C(=O)Nc3cccc(Br)c3)CC2=O)cc1. The molecule has 0 saturated carbocycles. The minimum atomic E-state index is -0.331. The quantitative estimate of drug-likeness (QED) is 0.862. The van der Waals surface area contributed by atoms with Gasteiger partial charge < -0.3 is 10.2 Å². The number of carbonyl (C=O) groups is 2. The van der Waals surface area contributed by atoms with Gasteiger partial charge in [0.05, 0.1) is 5.92 Å². The van der Waals surface area contributed by atoms with Gasteiger partial charge >= 0.3 is 0 Å². The lowest BCUT2D eigenvalue weighted by molar-refractivity contribution is -0.122. The van der Waals surface area contributed by atoms with E-state index in [1.165, 1.54) is 5.56 Å². The Kier molecular flexibility index (Phi) is 5.00. The molecule has 24 heavy (non-hydrogen) atoms. The second kappa shape index (κ2) is 7.18. The van der Waals surface area contributed by atoms with Gasteiger partial charge in [0.1, 0.15) is 0 Å². The van der Waals surface area contributed by atoms with Gasteiger partial charge in [-0.15, -0.1) is 0 Å². The first kappa shape index (κ1) is 16.7. The minimum Gasteiger partial charge on any atom is -0.326 e. The van der Waals surface area contributed by atoms with E-state index in [9.17, 15) is 9.59 Å². The van der Waals surface area contributed by atoms with E-state index in [0.717, 1.165) is 22.3 Å². The van der Waals surface area contributed by atoms with Gasteiger partial charge in [0.25, 0.3) is 0 Å². The largest absolute Gasteiger partial charge is 0.326 e. The van der Waals surface area contributed by atoms with Gasteiger partial charge in [-0.1, -0.05) is 41.1 Å². The maximum Gasteiger partial charge on any atom is 0.229 e. The molecule has 1 atom stereocenters. The van der Waals surface area contributed by atoms with Crippen molar-refractivity contribution in [3.05, 3.63) is 58.6 Å². The van der Waals surface area contributed by atoms with Gasteiger partial charge in [-0.05, 0) is 42.3 Å².